The molecule has 0 atom stereocenters. The molecule has 20 heavy (non-hydrogen) atoms. The lowest BCUT2D eigenvalue weighted by Crippen LogP contribution is -2.15. The molecule has 0 bridgehead atoms. The monoisotopic (exact) mass is 294 g/mol. The van der Waals surface area contributed by atoms with Crippen LogP contribution in [0.15, 0.2) is 12.1 Å². The molecule has 1 aliphatic carbocycles. The summed E-state index contributed by atoms with van der Waals surface area (Å²) in [6, 6.07) is 5.86. The zero-order valence-corrected chi connectivity index (χ0v) is 12.6. The lowest BCUT2D eigenvalue weighted by Gasteiger charge is -2.18. The zero-order chi connectivity index (χ0) is 14.6. The Morgan fingerprint density at radius 2 is 2.20 bits per heavy atom. The van der Waals surface area contributed by atoms with Gasteiger partial charge in [0.25, 0.3) is 0 Å². The highest BCUT2D eigenvalue weighted by atomic mass is 35.5. The second-order valence-electron chi connectivity index (χ2n) is 5.25. The summed E-state index contributed by atoms with van der Waals surface area (Å²) in [5.74, 6) is 1.35. The maximum atomic E-state index is 8.86. The van der Waals surface area contributed by atoms with Gasteiger partial charge in [-0.1, -0.05) is 11.6 Å². The molecule has 0 saturated heterocycles. The van der Waals surface area contributed by atoms with Crippen LogP contribution in [0.1, 0.15) is 24.8 Å². The lowest BCUT2D eigenvalue weighted by molar-refractivity contribution is 0.224. The highest BCUT2D eigenvalue weighted by Gasteiger charge is 2.43. The lowest BCUT2D eigenvalue weighted by atomic mass is 10.1. The number of benzene rings is 1. The summed E-state index contributed by atoms with van der Waals surface area (Å²) in [4.78, 5) is 0. The molecule has 4 nitrogen and oxygen atoms in total. The van der Waals surface area contributed by atoms with E-state index in [2.05, 4.69) is 11.4 Å². The zero-order valence-electron chi connectivity index (χ0n) is 11.8. The van der Waals surface area contributed by atoms with Crippen LogP contribution in [0.3, 0.4) is 0 Å². The number of hydrogen-bond donors (Lipinski definition) is 1. The third-order valence-electron chi connectivity index (χ3n) is 3.62. The van der Waals surface area contributed by atoms with Gasteiger partial charge in [0.1, 0.15) is 0 Å². The predicted molar refractivity (Wildman–Crippen MR) is 78.2 cm³/mol. The molecule has 0 amide bonds. The van der Waals surface area contributed by atoms with Gasteiger partial charge in [-0.2, -0.15) is 5.26 Å². The summed E-state index contributed by atoms with van der Waals surface area (Å²) in [6.07, 6.45) is 2.65. The molecule has 0 heterocycles. The van der Waals surface area contributed by atoms with Gasteiger partial charge in [-0.15, -0.1) is 0 Å². The highest BCUT2D eigenvalue weighted by Crippen LogP contribution is 2.49. The Morgan fingerprint density at radius 3 is 2.75 bits per heavy atom. The van der Waals surface area contributed by atoms with Crippen LogP contribution in [0.2, 0.25) is 5.02 Å². The van der Waals surface area contributed by atoms with Crippen molar-refractivity contribution in [2.45, 2.75) is 25.8 Å². The molecule has 0 radical (unpaired) electrons. The van der Waals surface area contributed by atoms with Crippen molar-refractivity contribution in [2.24, 2.45) is 5.41 Å². The Bertz CT molecular complexity index is 521. The molecule has 1 N–H and O–H groups in total. The molecule has 0 aromatic heterocycles. The van der Waals surface area contributed by atoms with Crippen molar-refractivity contribution in [1.82, 2.24) is 5.32 Å². The van der Waals surface area contributed by atoms with Gasteiger partial charge in [-0.05, 0) is 26.0 Å². The molecule has 0 unspecified atom stereocenters. The summed E-state index contributed by atoms with van der Waals surface area (Å²) in [5, 5.41) is 12.6. The molecular formula is C15H19ClN2O2. The van der Waals surface area contributed by atoms with Gasteiger partial charge in [0.05, 0.1) is 19.8 Å². The summed E-state index contributed by atoms with van der Waals surface area (Å²) >= 11 is 6.08. The summed E-state index contributed by atoms with van der Waals surface area (Å²) in [6.45, 7) is 1.20. The van der Waals surface area contributed by atoms with Gasteiger partial charge in [-0.25, -0.2) is 0 Å². The number of nitriles is 1. The van der Waals surface area contributed by atoms with Crippen LogP contribution in [-0.4, -0.2) is 20.8 Å². The van der Waals surface area contributed by atoms with E-state index in [4.69, 9.17) is 26.3 Å². The van der Waals surface area contributed by atoms with Crippen molar-refractivity contribution >= 4 is 11.6 Å². The molecule has 108 valence electrons. The Hall–Kier alpha value is -1.44. The first kappa shape index (κ1) is 15.0. The van der Waals surface area contributed by atoms with Gasteiger partial charge in [-0.3, -0.25) is 0 Å². The molecule has 1 fully saturated rings. The fourth-order valence-corrected chi connectivity index (χ4v) is 2.43. The van der Waals surface area contributed by atoms with Crippen LogP contribution < -0.4 is 14.8 Å². The molecule has 1 saturated carbocycles. The van der Waals surface area contributed by atoms with Crippen LogP contribution in [0.4, 0.5) is 0 Å². The summed E-state index contributed by atoms with van der Waals surface area (Å²) in [5.41, 5.74) is 1.00. The molecule has 1 aromatic carbocycles. The Balaban J connectivity index is 2.18. The van der Waals surface area contributed by atoms with Crippen LogP contribution >= 0.6 is 11.6 Å². The maximum absolute atomic E-state index is 8.86. The van der Waals surface area contributed by atoms with E-state index in [9.17, 15) is 0 Å². The molecule has 2 rings (SSSR count). The van der Waals surface area contributed by atoms with E-state index >= 15 is 0 Å². The van der Waals surface area contributed by atoms with Crippen molar-refractivity contribution < 1.29 is 9.47 Å². The normalized spacial score (nSPS) is 15.5. The average molecular weight is 295 g/mol. The first-order chi connectivity index (χ1) is 9.64. The summed E-state index contributed by atoms with van der Waals surface area (Å²) in [7, 11) is 3.47. The summed E-state index contributed by atoms with van der Waals surface area (Å²) < 4.78 is 11.3. The van der Waals surface area contributed by atoms with Gasteiger partial charge < -0.3 is 14.8 Å². The first-order valence-corrected chi connectivity index (χ1v) is 7.03. The molecule has 1 aromatic rings. The third kappa shape index (κ3) is 3.36. The average Bonchev–Trinajstić information content (AvgIpc) is 3.18. The molecule has 5 heteroatoms. The minimum atomic E-state index is 0.0380. The minimum Gasteiger partial charge on any atom is -0.493 e. The van der Waals surface area contributed by atoms with Gasteiger partial charge in [0.15, 0.2) is 11.5 Å². The first-order valence-electron chi connectivity index (χ1n) is 6.65. The topological polar surface area (TPSA) is 54.3 Å². The van der Waals surface area contributed by atoms with Crippen LogP contribution in [-0.2, 0) is 6.54 Å². The number of hydrogen-bond acceptors (Lipinski definition) is 4. The van der Waals surface area contributed by atoms with Crippen molar-refractivity contribution in [2.75, 3.05) is 20.8 Å². The van der Waals surface area contributed by atoms with Crippen molar-refractivity contribution in [3.05, 3.63) is 22.7 Å². The quantitative estimate of drug-likeness (QED) is 0.839. The van der Waals surface area contributed by atoms with Crippen molar-refractivity contribution in [3.63, 3.8) is 0 Å². The smallest absolute Gasteiger partial charge is 0.165 e. The van der Waals surface area contributed by atoms with E-state index in [0.717, 1.165) is 24.2 Å². The third-order valence-corrected chi connectivity index (χ3v) is 3.84. The largest absolute Gasteiger partial charge is 0.493 e. The van der Waals surface area contributed by atoms with E-state index < -0.39 is 0 Å². The number of nitrogens with one attached hydrogen (secondary N) is 1. The second-order valence-corrected chi connectivity index (χ2v) is 5.69. The number of nitrogens with zero attached hydrogens (tertiary/aromatic N) is 1. The van der Waals surface area contributed by atoms with Crippen molar-refractivity contribution in [3.8, 4) is 17.6 Å². The Labute approximate surface area is 124 Å². The number of rotatable bonds is 7. The van der Waals surface area contributed by atoms with E-state index in [1.165, 1.54) is 0 Å². The maximum Gasteiger partial charge on any atom is 0.165 e. The van der Waals surface area contributed by atoms with E-state index in [1.807, 2.05) is 13.1 Å². The number of ether oxygens (including phenoxy) is 2. The number of methoxy groups -OCH3 is 1. The van der Waals surface area contributed by atoms with Gasteiger partial charge in [0.2, 0.25) is 0 Å². The number of halogens is 1. The fourth-order valence-electron chi connectivity index (χ4n) is 2.20. The highest BCUT2D eigenvalue weighted by molar-refractivity contribution is 6.30. The van der Waals surface area contributed by atoms with Gasteiger partial charge in [0, 0.05) is 35.0 Å². The second kappa shape index (κ2) is 6.34. The molecule has 1 aliphatic rings. The Morgan fingerprint density at radius 1 is 1.45 bits per heavy atom. The van der Waals surface area contributed by atoms with Crippen LogP contribution in [0, 0.1) is 16.7 Å². The standard InChI is InChI=1S/C15H19ClN2O2/c1-18-9-11-7-12(16)8-13(19-2)14(11)20-10-15(3-4-15)5-6-17/h7-8,18H,3-5,9-10H2,1-2H3. The van der Waals surface area contributed by atoms with E-state index in [1.54, 1.807) is 13.2 Å². The fraction of sp³-hybridized carbons (Fsp3) is 0.533. The SMILES string of the molecule is CNCc1cc(Cl)cc(OC)c1OCC1(CC#N)CC1. The Kier molecular flexibility index (Phi) is 4.74. The predicted octanol–water partition coefficient (Wildman–Crippen LogP) is 3.14. The van der Waals surface area contributed by atoms with Gasteiger partial charge >= 0.3 is 0 Å². The molecule has 0 spiro atoms. The van der Waals surface area contributed by atoms with Crippen LogP contribution in [0.5, 0.6) is 11.5 Å². The minimum absolute atomic E-state index is 0.0380. The molecular weight excluding hydrogens is 276 g/mol. The molecule has 0 aliphatic heterocycles. The van der Waals surface area contributed by atoms with Crippen molar-refractivity contribution in [1.29, 1.82) is 5.26 Å². The van der Waals surface area contributed by atoms with E-state index in [-0.39, 0.29) is 5.41 Å². The van der Waals surface area contributed by atoms with Crippen LogP contribution in [0.25, 0.3) is 0 Å². The van der Waals surface area contributed by atoms with E-state index in [0.29, 0.717) is 30.3 Å².